The van der Waals surface area contributed by atoms with Crippen LogP contribution in [-0.4, -0.2) is 29.5 Å². The minimum Gasteiger partial charge on any atom is -0.343 e. The maximum atomic E-state index is 10.4. The quantitative estimate of drug-likeness (QED) is 0.454. The Bertz CT molecular complexity index is 232. The van der Waals surface area contributed by atoms with Gasteiger partial charge < -0.3 is 8.37 Å². The fourth-order valence-corrected chi connectivity index (χ4v) is 0.772. The van der Waals surface area contributed by atoms with Gasteiger partial charge in [0.05, 0.1) is 0 Å². The van der Waals surface area contributed by atoms with Crippen LogP contribution in [0.5, 0.6) is 0 Å². The van der Waals surface area contributed by atoms with Crippen molar-refractivity contribution in [3.05, 3.63) is 0 Å². The van der Waals surface area contributed by atoms with Crippen LogP contribution in [0.4, 0.5) is 0 Å². The molecule has 0 aliphatic carbocycles. The number of rotatable bonds is 4. The zero-order valence-electron chi connectivity index (χ0n) is 5.87. The van der Waals surface area contributed by atoms with Gasteiger partial charge in [-0.25, -0.2) is 0 Å². The van der Waals surface area contributed by atoms with Crippen molar-refractivity contribution < 1.29 is 35.5 Å². The lowest BCUT2D eigenvalue weighted by Gasteiger charge is -1.97. The van der Waals surface area contributed by atoms with Crippen LogP contribution in [0.25, 0.3) is 0 Å². The number of carbonyl (C=O) groups excluding carboxylic acids is 2. The third-order valence-corrected chi connectivity index (χ3v) is 1.27. The molecule has 13 heavy (non-hydrogen) atoms. The first-order valence-electron chi connectivity index (χ1n) is 2.56. The van der Waals surface area contributed by atoms with Crippen molar-refractivity contribution in [2.75, 3.05) is 0 Å². The Balaban J connectivity index is 3.85. The lowest BCUT2D eigenvalue weighted by atomic mass is 10.5. The maximum Gasteiger partial charge on any atom is 0.360 e. The molecule has 10 heteroatoms. The Kier molecular flexibility index (Phi) is 5.37. The Hall–Kier alpha value is -0.840. The molecule has 0 saturated heterocycles. The van der Waals surface area contributed by atoms with Gasteiger partial charge in [0.1, 0.15) is 6.42 Å². The summed E-state index contributed by atoms with van der Waals surface area (Å²) >= 11 is -5.64. The lowest BCUT2D eigenvalue weighted by molar-refractivity contribution is -0.143. The molecular weight excluding hydrogens is 228 g/mol. The fraction of sp³-hybridized carbons (Fsp3) is 0.333. The SMILES string of the molecule is O=C(CC(=O)OS(=O)O)OS(=O)O. The van der Waals surface area contributed by atoms with Crippen LogP contribution in [0.1, 0.15) is 6.42 Å². The molecule has 0 aromatic carbocycles. The highest BCUT2D eigenvalue weighted by Crippen LogP contribution is 1.93. The second-order valence-corrected chi connectivity index (χ2v) is 2.72. The van der Waals surface area contributed by atoms with Crippen LogP contribution in [0.2, 0.25) is 0 Å². The monoisotopic (exact) mass is 232 g/mol. The zero-order valence-corrected chi connectivity index (χ0v) is 7.50. The van der Waals surface area contributed by atoms with E-state index in [1.54, 1.807) is 0 Å². The van der Waals surface area contributed by atoms with Crippen LogP contribution < -0.4 is 0 Å². The minimum atomic E-state index is -2.82. The Morgan fingerprint density at radius 3 is 1.54 bits per heavy atom. The van der Waals surface area contributed by atoms with Crippen LogP contribution in [-0.2, 0) is 40.7 Å². The molecule has 76 valence electrons. The highest BCUT2D eigenvalue weighted by Gasteiger charge is 2.16. The molecular formula is C3H4O8S2. The summed E-state index contributed by atoms with van der Waals surface area (Å²) in [6, 6.07) is 0. The molecule has 0 aromatic heterocycles. The molecule has 0 spiro atoms. The second-order valence-electron chi connectivity index (χ2n) is 1.52. The fourth-order valence-electron chi connectivity index (χ4n) is 0.336. The van der Waals surface area contributed by atoms with E-state index in [1.165, 1.54) is 0 Å². The van der Waals surface area contributed by atoms with Gasteiger partial charge in [0.15, 0.2) is 0 Å². The Morgan fingerprint density at radius 2 is 1.31 bits per heavy atom. The van der Waals surface area contributed by atoms with E-state index < -0.39 is 41.1 Å². The van der Waals surface area contributed by atoms with Crippen molar-refractivity contribution >= 4 is 34.7 Å². The molecule has 0 aromatic rings. The van der Waals surface area contributed by atoms with Gasteiger partial charge in [0, 0.05) is 0 Å². The minimum absolute atomic E-state index is 1.02. The summed E-state index contributed by atoms with van der Waals surface area (Å²) in [6.45, 7) is 0. The van der Waals surface area contributed by atoms with Crippen molar-refractivity contribution in [3.8, 4) is 0 Å². The van der Waals surface area contributed by atoms with Gasteiger partial charge in [-0.1, -0.05) is 0 Å². The largest absolute Gasteiger partial charge is 0.360 e. The summed E-state index contributed by atoms with van der Waals surface area (Å²) in [5.74, 6) is -2.67. The molecule has 0 bridgehead atoms. The molecule has 2 N–H and O–H groups in total. The van der Waals surface area contributed by atoms with E-state index in [0.717, 1.165) is 0 Å². The second kappa shape index (κ2) is 5.75. The van der Waals surface area contributed by atoms with Crippen LogP contribution in [0, 0.1) is 0 Å². The summed E-state index contributed by atoms with van der Waals surface area (Å²) in [4.78, 5) is 20.8. The van der Waals surface area contributed by atoms with Crippen LogP contribution in [0.3, 0.4) is 0 Å². The third kappa shape index (κ3) is 7.52. The predicted octanol–water partition coefficient (Wildman–Crippen LogP) is -1.26. The number of carbonyl (C=O) groups is 2. The molecule has 0 rings (SSSR count). The predicted molar refractivity (Wildman–Crippen MR) is 38.3 cm³/mol. The van der Waals surface area contributed by atoms with E-state index in [2.05, 4.69) is 8.37 Å². The maximum absolute atomic E-state index is 10.4. The van der Waals surface area contributed by atoms with E-state index in [4.69, 9.17) is 9.11 Å². The smallest absolute Gasteiger partial charge is 0.343 e. The average molecular weight is 232 g/mol. The van der Waals surface area contributed by atoms with Gasteiger partial charge in [-0.05, 0) is 0 Å². The first-order chi connectivity index (χ1) is 5.91. The van der Waals surface area contributed by atoms with Gasteiger partial charge in [-0.3, -0.25) is 18.7 Å². The van der Waals surface area contributed by atoms with Crippen molar-refractivity contribution in [2.45, 2.75) is 6.42 Å². The highest BCUT2D eigenvalue weighted by molar-refractivity contribution is 7.74. The molecule has 0 radical (unpaired) electrons. The summed E-state index contributed by atoms with van der Waals surface area (Å²) in [5.41, 5.74) is 0. The summed E-state index contributed by atoms with van der Waals surface area (Å²) in [6.07, 6.45) is -1.02. The third-order valence-electron chi connectivity index (χ3n) is 0.617. The topological polar surface area (TPSA) is 127 Å². The summed E-state index contributed by atoms with van der Waals surface area (Å²) in [7, 11) is 0. The van der Waals surface area contributed by atoms with Gasteiger partial charge in [0.2, 0.25) is 0 Å². The van der Waals surface area contributed by atoms with Crippen LogP contribution in [0.15, 0.2) is 0 Å². The number of hydrogen-bond acceptors (Lipinski definition) is 6. The van der Waals surface area contributed by atoms with E-state index in [-0.39, 0.29) is 0 Å². The molecule has 0 heterocycles. The zero-order chi connectivity index (χ0) is 10.4. The van der Waals surface area contributed by atoms with Gasteiger partial charge in [-0.15, -0.1) is 0 Å². The number of hydrogen-bond donors (Lipinski definition) is 2. The normalized spacial score (nSPS) is 14.3. The molecule has 8 nitrogen and oxygen atoms in total. The van der Waals surface area contributed by atoms with Crippen molar-refractivity contribution in [3.63, 3.8) is 0 Å². The Morgan fingerprint density at radius 1 is 1.00 bits per heavy atom. The van der Waals surface area contributed by atoms with E-state index in [0.29, 0.717) is 0 Å². The molecule has 0 fully saturated rings. The summed E-state index contributed by atoms with van der Waals surface area (Å²) < 4.78 is 42.8. The van der Waals surface area contributed by atoms with Crippen LogP contribution >= 0.6 is 0 Å². The van der Waals surface area contributed by atoms with E-state index in [1.807, 2.05) is 0 Å². The van der Waals surface area contributed by atoms with Gasteiger partial charge >= 0.3 is 34.7 Å². The molecule has 0 amide bonds. The highest BCUT2D eigenvalue weighted by atomic mass is 32.2. The van der Waals surface area contributed by atoms with Crippen molar-refractivity contribution in [1.82, 2.24) is 0 Å². The molecule has 2 unspecified atom stereocenters. The standard InChI is InChI=1S/C3H4O8S2/c4-2(10-12(6)7)1-3(5)11-13(8)9/h1H2,(H,6,7)(H,8,9). The van der Waals surface area contributed by atoms with Crippen molar-refractivity contribution in [1.29, 1.82) is 0 Å². The Labute approximate surface area is 77.2 Å². The molecule has 2 atom stereocenters. The first kappa shape index (κ1) is 12.2. The average Bonchev–Trinajstić information content (AvgIpc) is 1.80. The molecule has 0 aliphatic rings. The molecule has 0 aliphatic heterocycles. The molecule has 0 saturated carbocycles. The van der Waals surface area contributed by atoms with Gasteiger partial charge in [0.25, 0.3) is 0 Å². The van der Waals surface area contributed by atoms with E-state index in [9.17, 15) is 18.0 Å². The van der Waals surface area contributed by atoms with E-state index >= 15 is 0 Å². The summed E-state index contributed by atoms with van der Waals surface area (Å²) in [5, 5.41) is 0. The lowest BCUT2D eigenvalue weighted by Crippen LogP contribution is -2.15. The first-order valence-corrected chi connectivity index (χ1v) is 4.62. The van der Waals surface area contributed by atoms with Crippen molar-refractivity contribution in [2.24, 2.45) is 0 Å². The van der Waals surface area contributed by atoms with Gasteiger partial charge in [-0.2, -0.15) is 8.42 Å².